The first-order chi connectivity index (χ1) is 8.17. The van der Waals surface area contributed by atoms with Crippen LogP contribution < -0.4 is 5.32 Å². The summed E-state index contributed by atoms with van der Waals surface area (Å²) in [6.07, 6.45) is 0.780. The predicted molar refractivity (Wildman–Crippen MR) is 73.0 cm³/mol. The SMILES string of the molecule is CCOC(=O)C(CC)CNc1ccc(Br)cc1. The zero-order valence-electron chi connectivity index (χ0n) is 10.2. The summed E-state index contributed by atoms with van der Waals surface area (Å²) in [5.41, 5.74) is 1.01. The summed E-state index contributed by atoms with van der Waals surface area (Å²) < 4.78 is 6.06. The first-order valence-electron chi connectivity index (χ1n) is 5.83. The lowest BCUT2D eigenvalue weighted by Crippen LogP contribution is -2.24. The van der Waals surface area contributed by atoms with Crippen molar-refractivity contribution < 1.29 is 9.53 Å². The second-order valence-corrected chi connectivity index (χ2v) is 4.66. The predicted octanol–water partition coefficient (Wildman–Crippen LogP) is 3.45. The summed E-state index contributed by atoms with van der Waals surface area (Å²) in [6, 6.07) is 7.88. The van der Waals surface area contributed by atoms with Gasteiger partial charge in [0.1, 0.15) is 0 Å². The minimum absolute atomic E-state index is 0.0846. The third-order valence-corrected chi connectivity index (χ3v) is 3.04. The molecule has 0 amide bonds. The monoisotopic (exact) mass is 299 g/mol. The number of esters is 1. The van der Waals surface area contributed by atoms with E-state index in [2.05, 4.69) is 21.2 Å². The molecule has 1 atom stereocenters. The molecule has 17 heavy (non-hydrogen) atoms. The summed E-state index contributed by atoms with van der Waals surface area (Å²) in [5.74, 6) is -0.210. The number of hydrogen-bond acceptors (Lipinski definition) is 3. The quantitative estimate of drug-likeness (QED) is 0.818. The van der Waals surface area contributed by atoms with Gasteiger partial charge in [0, 0.05) is 16.7 Å². The van der Waals surface area contributed by atoms with Gasteiger partial charge in [-0.05, 0) is 37.6 Å². The van der Waals surface area contributed by atoms with Crippen LogP contribution in [-0.2, 0) is 9.53 Å². The fourth-order valence-electron chi connectivity index (χ4n) is 1.46. The maximum absolute atomic E-state index is 11.6. The summed E-state index contributed by atoms with van der Waals surface area (Å²) in [7, 11) is 0. The Kier molecular flexibility index (Phi) is 6.05. The van der Waals surface area contributed by atoms with Gasteiger partial charge in [0.2, 0.25) is 0 Å². The van der Waals surface area contributed by atoms with Gasteiger partial charge in [-0.25, -0.2) is 0 Å². The van der Waals surface area contributed by atoms with Crippen molar-refractivity contribution in [3.05, 3.63) is 28.7 Å². The van der Waals surface area contributed by atoms with E-state index in [-0.39, 0.29) is 11.9 Å². The van der Waals surface area contributed by atoms with Crippen molar-refractivity contribution in [2.75, 3.05) is 18.5 Å². The van der Waals surface area contributed by atoms with Gasteiger partial charge in [-0.2, -0.15) is 0 Å². The summed E-state index contributed by atoms with van der Waals surface area (Å²) in [4.78, 5) is 11.6. The van der Waals surface area contributed by atoms with Crippen molar-refractivity contribution >= 4 is 27.6 Å². The van der Waals surface area contributed by atoms with Gasteiger partial charge >= 0.3 is 5.97 Å². The molecule has 1 unspecified atom stereocenters. The van der Waals surface area contributed by atoms with Gasteiger partial charge < -0.3 is 10.1 Å². The van der Waals surface area contributed by atoms with E-state index in [1.165, 1.54) is 0 Å². The molecule has 0 aliphatic rings. The Bertz CT molecular complexity index is 351. The van der Waals surface area contributed by atoms with Crippen molar-refractivity contribution in [1.82, 2.24) is 0 Å². The molecule has 0 aliphatic carbocycles. The third-order valence-electron chi connectivity index (χ3n) is 2.51. The van der Waals surface area contributed by atoms with Gasteiger partial charge in [-0.1, -0.05) is 22.9 Å². The average Bonchev–Trinajstić information content (AvgIpc) is 2.32. The van der Waals surface area contributed by atoms with E-state index in [4.69, 9.17) is 4.74 Å². The number of rotatable bonds is 6. The molecule has 0 saturated heterocycles. The average molecular weight is 300 g/mol. The van der Waals surface area contributed by atoms with Crippen molar-refractivity contribution in [3.8, 4) is 0 Å². The van der Waals surface area contributed by atoms with Gasteiger partial charge in [0.25, 0.3) is 0 Å². The Balaban J connectivity index is 2.47. The molecule has 0 aliphatic heterocycles. The molecule has 0 fully saturated rings. The number of carbonyl (C=O) groups excluding carboxylic acids is 1. The van der Waals surface area contributed by atoms with Crippen LogP contribution in [0, 0.1) is 5.92 Å². The highest BCUT2D eigenvalue weighted by Gasteiger charge is 2.16. The van der Waals surface area contributed by atoms with E-state index >= 15 is 0 Å². The smallest absolute Gasteiger partial charge is 0.310 e. The highest BCUT2D eigenvalue weighted by molar-refractivity contribution is 9.10. The Hall–Kier alpha value is -1.03. The standard InChI is InChI=1S/C13H18BrNO2/c1-3-10(13(16)17-4-2)9-15-12-7-5-11(14)6-8-12/h5-8,10,15H,3-4,9H2,1-2H3. The van der Waals surface area contributed by atoms with E-state index in [1.807, 2.05) is 38.1 Å². The van der Waals surface area contributed by atoms with Crippen LogP contribution in [0.2, 0.25) is 0 Å². The van der Waals surface area contributed by atoms with E-state index in [0.717, 1.165) is 16.6 Å². The van der Waals surface area contributed by atoms with Crippen molar-refractivity contribution in [2.45, 2.75) is 20.3 Å². The number of hydrogen-bond donors (Lipinski definition) is 1. The lowest BCUT2D eigenvalue weighted by atomic mass is 10.1. The lowest BCUT2D eigenvalue weighted by molar-refractivity contribution is -0.147. The minimum Gasteiger partial charge on any atom is -0.466 e. The van der Waals surface area contributed by atoms with Crippen LogP contribution in [0.3, 0.4) is 0 Å². The number of anilines is 1. The van der Waals surface area contributed by atoms with Gasteiger partial charge in [-0.3, -0.25) is 4.79 Å². The molecule has 0 aromatic heterocycles. The fourth-order valence-corrected chi connectivity index (χ4v) is 1.73. The zero-order valence-corrected chi connectivity index (χ0v) is 11.8. The molecule has 94 valence electrons. The first kappa shape index (κ1) is 14.0. The fraction of sp³-hybridized carbons (Fsp3) is 0.462. The molecule has 3 nitrogen and oxygen atoms in total. The van der Waals surface area contributed by atoms with Crippen LogP contribution in [0.4, 0.5) is 5.69 Å². The van der Waals surface area contributed by atoms with E-state index in [0.29, 0.717) is 13.2 Å². The summed E-state index contributed by atoms with van der Waals surface area (Å²) in [6.45, 7) is 4.86. The normalized spacial score (nSPS) is 11.9. The Morgan fingerprint density at radius 1 is 1.35 bits per heavy atom. The van der Waals surface area contributed by atoms with Crippen molar-refractivity contribution in [1.29, 1.82) is 0 Å². The van der Waals surface area contributed by atoms with E-state index in [1.54, 1.807) is 0 Å². The molecule has 1 aromatic rings. The second kappa shape index (κ2) is 7.33. The van der Waals surface area contributed by atoms with E-state index in [9.17, 15) is 4.79 Å². The molecule has 0 spiro atoms. The second-order valence-electron chi connectivity index (χ2n) is 3.75. The Morgan fingerprint density at radius 2 is 2.00 bits per heavy atom. The Morgan fingerprint density at radius 3 is 2.53 bits per heavy atom. The van der Waals surface area contributed by atoms with E-state index < -0.39 is 0 Å². The van der Waals surface area contributed by atoms with Crippen LogP contribution in [0.25, 0.3) is 0 Å². The number of ether oxygens (including phenoxy) is 1. The maximum Gasteiger partial charge on any atom is 0.310 e. The Labute approximate surface area is 111 Å². The summed E-state index contributed by atoms with van der Waals surface area (Å²) >= 11 is 3.38. The van der Waals surface area contributed by atoms with Crippen LogP contribution in [-0.4, -0.2) is 19.1 Å². The zero-order chi connectivity index (χ0) is 12.7. The molecule has 4 heteroatoms. The molecule has 1 rings (SSSR count). The first-order valence-corrected chi connectivity index (χ1v) is 6.62. The van der Waals surface area contributed by atoms with Gasteiger partial charge in [0.15, 0.2) is 0 Å². The van der Waals surface area contributed by atoms with Crippen molar-refractivity contribution in [3.63, 3.8) is 0 Å². The lowest BCUT2D eigenvalue weighted by Gasteiger charge is -2.15. The topological polar surface area (TPSA) is 38.3 Å². The number of carbonyl (C=O) groups is 1. The molecular formula is C13H18BrNO2. The molecule has 0 saturated carbocycles. The molecule has 0 bridgehead atoms. The largest absolute Gasteiger partial charge is 0.466 e. The molecule has 1 aromatic carbocycles. The molecule has 1 N–H and O–H groups in total. The number of nitrogens with one attached hydrogen (secondary N) is 1. The van der Waals surface area contributed by atoms with Gasteiger partial charge in [-0.15, -0.1) is 0 Å². The number of halogens is 1. The van der Waals surface area contributed by atoms with Crippen LogP contribution in [0.15, 0.2) is 28.7 Å². The maximum atomic E-state index is 11.6. The minimum atomic E-state index is -0.125. The van der Waals surface area contributed by atoms with Gasteiger partial charge in [0.05, 0.1) is 12.5 Å². The van der Waals surface area contributed by atoms with Crippen LogP contribution in [0.5, 0.6) is 0 Å². The summed E-state index contributed by atoms with van der Waals surface area (Å²) in [5, 5.41) is 3.24. The number of benzene rings is 1. The van der Waals surface area contributed by atoms with Crippen molar-refractivity contribution in [2.24, 2.45) is 5.92 Å². The third kappa shape index (κ3) is 4.77. The highest BCUT2D eigenvalue weighted by Crippen LogP contribution is 2.15. The highest BCUT2D eigenvalue weighted by atomic mass is 79.9. The molecule has 0 radical (unpaired) electrons. The molecular weight excluding hydrogens is 282 g/mol. The van der Waals surface area contributed by atoms with Crippen LogP contribution in [0.1, 0.15) is 20.3 Å². The molecule has 0 heterocycles. The van der Waals surface area contributed by atoms with Crippen LogP contribution >= 0.6 is 15.9 Å².